The Morgan fingerprint density at radius 2 is 1.79 bits per heavy atom. The van der Waals surface area contributed by atoms with E-state index in [9.17, 15) is 19.7 Å². The lowest BCUT2D eigenvalue weighted by molar-refractivity contribution is -0.384. The van der Waals surface area contributed by atoms with Crippen LogP contribution in [0.5, 0.6) is 23.0 Å². The van der Waals surface area contributed by atoms with Gasteiger partial charge in [-0.1, -0.05) is 12.1 Å². The van der Waals surface area contributed by atoms with Crippen molar-refractivity contribution in [2.24, 2.45) is 0 Å². The molecule has 0 bridgehead atoms. The van der Waals surface area contributed by atoms with Crippen LogP contribution in [0.15, 0.2) is 66.4 Å². The highest BCUT2D eigenvalue weighted by Crippen LogP contribution is 2.37. The van der Waals surface area contributed by atoms with Crippen molar-refractivity contribution in [2.45, 2.75) is 0 Å². The number of esters is 1. The van der Waals surface area contributed by atoms with Gasteiger partial charge in [0.25, 0.3) is 5.69 Å². The number of nitro groups is 1. The second-order valence-corrected chi connectivity index (χ2v) is 6.87. The number of methoxy groups -OCH3 is 2. The van der Waals surface area contributed by atoms with E-state index < -0.39 is 10.9 Å². The molecule has 166 valence electrons. The monoisotopic (exact) mass is 447 g/mol. The average molecular weight is 447 g/mol. The first-order chi connectivity index (χ1) is 15.9. The lowest BCUT2D eigenvalue weighted by atomic mass is 10.1. The summed E-state index contributed by atoms with van der Waals surface area (Å²) in [4.78, 5) is 35.3. The molecule has 0 fully saturated rings. The second-order valence-electron chi connectivity index (χ2n) is 6.87. The van der Waals surface area contributed by atoms with E-state index in [4.69, 9.17) is 18.9 Å². The summed E-state index contributed by atoms with van der Waals surface area (Å²) in [7, 11) is 3.01. The number of rotatable bonds is 6. The predicted molar refractivity (Wildman–Crippen MR) is 117 cm³/mol. The summed E-state index contributed by atoms with van der Waals surface area (Å²) in [5.74, 6) is 0.407. The fourth-order valence-corrected chi connectivity index (χ4v) is 3.28. The Bertz CT molecular complexity index is 1290. The third-order valence-corrected chi connectivity index (χ3v) is 4.89. The quantitative estimate of drug-likeness (QED) is 0.179. The number of hydrogen-bond donors (Lipinski definition) is 0. The minimum absolute atomic E-state index is 0.0791. The van der Waals surface area contributed by atoms with Gasteiger partial charge in [0.05, 0.1) is 30.3 Å². The van der Waals surface area contributed by atoms with Crippen molar-refractivity contribution in [1.29, 1.82) is 0 Å². The van der Waals surface area contributed by atoms with Gasteiger partial charge in [0.1, 0.15) is 11.5 Å². The van der Waals surface area contributed by atoms with E-state index in [1.54, 1.807) is 24.3 Å². The molecule has 0 N–H and O–H groups in total. The topological polar surface area (TPSA) is 114 Å². The van der Waals surface area contributed by atoms with E-state index in [2.05, 4.69) is 0 Å². The number of hydrogen-bond acceptors (Lipinski definition) is 8. The zero-order chi connectivity index (χ0) is 23.5. The van der Waals surface area contributed by atoms with Crippen LogP contribution in [-0.2, 0) is 0 Å². The zero-order valence-electron chi connectivity index (χ0n) is 17.6. The first-order valence-corrected chi connectivity index (χ1v) is 9.67. The summed E-state index contributed by atoms with van der Waals surface area (Å²) in [6.07, 6.45) is 1.55. The molecule has 9 nitrogen and oxygen atoms in total. The molecule has 0 spiro atoms. The van der Waals surface area contributed by atoms with Gasteiger partial charge in [-0.05, 0) is 36.4 Å². The summed E-state index contributed by atoms with van der Waals surface area (Å²) in [5.41, 5.74) is 0.919. The third-order valence-electron chi connectivity index (χ3n) is 4.89. The molecular weight excluding hydrogens is 430 g/mol. The molecule has 0 aliphatic carbocycles. The number of ether oxygens (including phenoxy) is 4. The number of nitro benzene ring substituents is 1. The Morgan fingerprint density at radius 1 is 1.03 bits per heavy atom. The number of non-ortho nitro benzene ring substituents is 1. The Morgan fingerprint density at radius 3 is 2.45 bits per heavy atom. The van der Waals surface area contributed by atoms with Crippen LogP contribution in [0, 0.1) is 10.1 Å². The van der Waals surface area contributed by atoms with Crippen molar-refractivity contribution in [1.82, 2.24) is 0 Å². The predicted octanol–water partition coefficient (Wildman–Crippen LogP) is 4.45. The summed E-state index contributed by atoms with van der Waals surface area (Å²) in [6.45, 7) is 0. The van der Waals surface area contributed by atoms with Crippen LogP contribution in [0.4, 0.5) is 5.69 Å². The number of allylic oxidation sites excluding steroid dienone is 1. The van der Waals surface area contributed by atoms with Gasteiger partial charge in [-0.25, -0.2) is 4.79 Å². The molecule has 9 heteroatoms. The third kappa shape index (κ3) is 4.24. The number of para-hydroxylation sites is 1. The maximum atomic E-state index is 12.8. The Balaban J connectivity index is 1.55. The maximum Gasteiger partial charge on any atom is 0.343 e. The standard InChI is InChI=1S/C24H17NO8/c1-30-19-5-3-4-15(23(19)31-2)12-21-22(26)18-11-10-17(13-20(18)33-21)32-24(27)14-6-8-16(9-7-14)25(28)29/h3-13H,1-2H3/b21-12-. The molecular formula is C24H17NO8. The highest BCUT2D eigenvalue weighted by molar-refractivity contribution is 6.14. The first-order valence-electron chi connectivity index (χ1n) is 9.67. The van der Waals surface area contributed by atoms with Crippen LogP contribution < -0.4 is 18.9 Å². The van der Waals surface area contributed by atoms with Crippen molar-refractivity contribution in [2.75, 3.05) is 14.2 Å². The van der Waals surface area contributed by atoms with E-state index in [0.29, 0.717) is 22.6 Å². The number of benzene rings is 3. The van der Waals surface area contributed by atoms with E-state index in [1.807, 2.05) is 0 Å². The van der Waals surface area contributed by atoms with Crippen LogP contribution in [-0.4, -0.2) is 30.9 Å². The van der Waals surface area contributed by atoms with Gasteiger partial charge in [0.2, 0.25) is 5.78 Å². The highest BCUT2D eigenvalue weighted by Gasteiger charge is 2.28. The zero-order valence-corrected chi connectivity index (χ0v) is 17.6. The smallest absolute Gasteiger partial charge is 0.343 e. The van der Waals surface area contributed by atoms with E-state index in [1.165, 1.54) is 56.7 Å². The second kappa shape index (κ2) is 8.83. The van der Waals surface area contributed by atoms with Crippen molar-refractivity contribution in [3.63, 3.8) is 0 Å². The van der Waals surface area contributed by atoms with Crippen molar-refractivity contribution >= 4 is 23.5 Å². The van der Waals surface area contributed by atoms with Crippen LogP contribution in [0.3, 0.4) is 0 Å². The normalized spacial score (nSPS) is 13.3. The molecule has 0 atom stereocenters. The lowest BCUT2D eigenvalue weighted by Gasteiger charge is -2.10. The number of fused-ring (bicyclic) bond motifs is 1. The SMILES string of the molecule is COc1cccc(/C=C2\Oc3cc(OC(=O)c4ccc([N+](=O)[O-])cc4)ccc3C2=O)c1OC. The van der Waals surface area contributed by atoms with Gasteiger partial charge >= 0.3 is 5.97 Å². The fourth-order valence-electron chi connectivity index (χ4n) is 3.28. The highest BCUT2D eigenvalue weighted by atomic mass is 16.6. The molecule has 33 heavy (non-hydrogen) atoms. The molecule has 4 rings (SSSR count). The molecule has 0 aromatic heterocycles. The Labute approximate surface area is 187 Å². The summed E-state index contributed by atoms with van der Waals surface area (Å²) in [5, 5.41) is 10.7. The molecule has 1 aliphatic heterocycles. The van der Waals surface area contributed by atoms with Gasteiger partial charge in [-0.2, -0.15) is 0 Å². The molecule has 0 saturated heterocycles. The molecule has 3 aromatic rings. The maximum absolute atomic E-state index is 12.8. The number of Topliss-reactive ketones (excluding diaryl/α,β-unsaturated/α-hetero) is 1. The first kappa shape index (κ1) is 21.6. The van der Waals surface area contributed by atoms with E-state index >= 15 is 0 Å². The van der Waals surface area contributed by atoms with Crippen LogP contribution in [0.2, 0.25) is 0 Å². The van der Waals surface area contributed by atoms with Gasteiger partial charge in [-0.15, -0.1) is 0 Å². The number of carbonyl (C=O) groups is 2. The van der Waals surface area contributed by atoms with E-state index in [-0.39, 0.29) is 34.3 Å². The van der Waals surface area contributed by atoms with Crippen LogP contribution in [0.25, 0.3) is 6.08 Å². The molecule has 0 unspecified atom stereocenters. The number of carbonyl (C=O) groups excluding carboxylic acids is 2. The Kier molecular flexibility index (Phi) is 5.77. The number of ketones is 1. The fraction of sp³-hybridized carbons (Fsp3) is 0.0833. The lowest BCUT2D eigenvalue weighted by Crippen LogP contribution is -2.08. The molecule has 3 aromatic carbocycles. The van der Waals surface area contributed by atoms with Crippen molar-refractivity contribution < 1.29 is 33.5 Å². The molecule has 0 amide bonds. The van der Waals surface area contributed by atoms with Gasteiger partial charge in [0.15, 0.2) is 17.3 Å². The van der Waals surface area contributed by atoms with Crippen molar-refractivity contribution in [3.05, 3.63) is 93.2 Å². The molecule has 0 saturated carbocycles. The molecule has 0 radical (unpaired) electrons. The summed E-state index contributed by atoms with van der Waals surface area (Å²) < 4.78 is 21.7. The minimum atomic E-state index is -0.703. The summed E-state index contributed by atoms with van der Waals surface area (Å²) in [6, 6.07) is 14.7. The van der Waals surface area contributed by atoms with Gasteiger partial charge in [0, 0.05) is 23.8 Å². The van der Waals surface area contributed by atoms with Crippen molar-refractivity contribution in [3.8, 4) is 23.0 Å². The van der Waals surface area contributed by atoms with Crippen LogP contribution in [0.1, 0.15) is 26.3 Å². The average Bonchev–Trinajstić information content (AvgIpc) is 3.13. The largest absolute Gasteiger partial charge is 0.493 e. The minimum Gasteiger partial charge on any atom is -0.493 e. The van der Waals surface area contributed by atoms with E-state index in [0.717, 1.165) is 0 Å². The number of nitrogens with zero attached hydrogens (tertiary/aromatic N) is 1. The molecule has 1 aliphatic rings. The summed E-state index contributed by atoms with van der Waals surface area (Å²) >= 11 is 0. The van der Waals surface area contributed by atoms with Gasteiger partial charge in [-0.3, -0.25) is 14.9 Å². The molecule has 1 heterocycles. The Hall–Kier alpha value is -4.66. The van der Waals surface area contributed by atoms with Crippen LogP contribution >= 0.6 is 0 Å². The van der Waals surface area contributed by atoms with Gasteiger partial charge < -0.3 is 18.9 Å².